The molecule has 1 heterocycles. The van der Waals surface area contributed by atoms with Crippen molar-refractivity contribution in [3.05, 3.63) is 80.9 Å². The van der Waals surface area contributed by atoms with Gasteiger partial charge in [0.25, 0.3) is 11.6 Å². The number of hydrogen-bond donors (Lipinski definition) is 1. The number of amides is 1. The molecule has 8 nitrogen and oxygen atoms in total. The number of rotatable bonds is 5. The lowest BCUT2D eigenvalue weighted by molar-refractivity contribution is -0.385. The third-order valence-electron chi connectivity index (χ3n) is 4.43. The molecular weight excluding hydrogens is 382 g/mol. The van der Waals surface area contributed by atoms with Gasteiger partial charge in [-0.05, 0) is 23.6 Å². The molecule has 0 fully saturated rings. The molecule has 1 amide bonds. The van der Waals surface area contributed by atoms with Crippen LogP contribution in [-0.4, -0.2) is 37.7 Å². The maximum atomic E-state index is 13.0. The van der Waals surface area contributed by atoms with E-state index in [0.717, 1.165) is 11.6 Å². The van der Waals surface area contributed by atoms with Gasteiger partial charge in [0.1, 0.15) is 0 Å². The molecule has 0 unspecified atom stereocenters. The summed E-state index contributed by atoms with van der Waals surface area (Å²) in [6, 6.07) is 13.2. The van der Waals surface area contributed by atoms with Crippen LogP contribution in [0.5, 0.6) is 0 Å². The van der Waals surface area contributed by atoms with Gasteiger partial charge in [0.2, 0.25) is 9.84 Å². The molecule has 0 spiro atoms. The summed E-state index contributed by atoms with van der Waals surface area (Å²) in [4.78, 5) is 23.8. The normalized spacial score (nSPS) is 17.1. The van der Waals surface area contributed by atoms with Crippen LogP contribution in [0.3, 0.4) is 0 Å². The second-order valence-electron chi connectivity index (χ2n) is 6.41. The number of hydrogen-bond acceptors (Lipinski definition) is 6. The van der Waals surface area contributed by atoms with Gasteiger partial charge in [-0.25, -0.2) is 8.42 Å². The second-order valence-corrected chi connectivity index (χ2v) is 8.30. The number of nitrogens with one attached hydrogen (secondary N) is 1. The summed E-state index contributed by atoms with van der Waals surface area (Å²) in [7, 11) is -2.64. The largest absolute Gasteiger partial charge is 0.389 e. The standard InChI is InChI=1S/C19H19N3O5S/c1-21-13-15-11-16(22(24)25)7-8-17(15)28(26,27)18(19(21)23)12-20-10-9-14-5-3-2-4-6-14/h2-8,11-12,20H,9-10,13H2,1H3/b18-12+. The molecule has 3 rings (SSSR count). The topological polar surface area (TPSA) is 110 Å². The number of likely N-dealkylation sites (N-methyl/N-ethyl adjacent to an activating group) is 1. The Bertz CT molecular complexity index is 1050. The van der Waals surface area contributed by atoms with Crippen LogP contribution >= 0.6 is 0 Å². The first-order valence-electron chi connectivity index (χ1n) is 8.56. The summed E-state index contributed by atoms with van der Waals surface area (Å²) >= 11 is 0. The molecule has 2 aromatic rings. The number of carbonyl (C=O) groups is 1. The highest BCUT2D eigenvalue weighted by molar-refractivity contribution is 7.96. The van der Waals surface area contributed by atoms with Gasteiger partial charge >= 0.3 is 0 Å². The Morgan fingerprint density at radius 3 is 2.61 bits per heavy atom. The predicted molar refractivity (Wildman–Crippen MR) is 103 cm³/mol. The van der Waals surface area contributed by atoms with E-state index in [1.54, 1.807) is 0 Å². The van der Waals surface area contributed by atoms with Gasteiger partial charge in [-0.3, -0.25) is 14.9 Å². The molecule has 2 aromatic carbocycles. The first-order valence-corrected chi connectivity index (χ1v) is 10.0. The molecular formula is C19H19N3O5S. The number of benzene rings is 2. The number of nitro benzene ring substituents is 1. The molecule has 0 aliphatic carbocycles. The quantitative estimate of drug-likeness (QED) is 0.355. The fourth-order valence-electron chi connectivity index (χ4n) is 2.98. The molecule has 0 saturated carbocycles. The Labute approximate surface area is 162 Å². The molecule has 0 radical (unpaired) electrons. The average molecular weight is 401 g/mol. The van der Waals surface area contributed by atoms with E-state index in [1.807, 2.05) is 30.3 Å². The molecule has 1 aliphatic rings. The lowest BCUT2D eigenvalue weighted by atomic mass is 10.1. The van der Waals surface area contributed by atoms with Crippen molar-refractivity contribution in [2.45, 2.75) is 17.9 Å². The fraction of sp³-hybridized carbons (Fsp3) is 0.211. The van der Waals surface area contributed by atoms with Crippen LogP contribution in [0.25, 0.3) is 0 Å². The molecule has 0 saturated heterocycles. The highest BCUT2D eigenvalue weighted by Crippen LogP contribution is 2.31. The summed E-state index contributed by atoms with van der Waals surface area (Å²) in [6.07, 6.45) is 1.88. The van der Waals surface area contributed by atoms with Crippen molar-refractivity contribution in [3.8, 4) is 0 Å². The maximum absolute atomic E-state index is 13.0. The van der Waals surface area contributed by atoms with Crippen molar-refractivity contribution in [3.63, 3.8) is 0 Å². The summed E-state index contributed by atoms with van der Waals surface area (Å²) in [6.45, 7) is 0.420. The highest BCUT2D eigenvalue weighted by Gasteiger charge is 2.35. The van der Waals surface area contributed by atoms with Crippen LogP contribution in [0.2, 0.25) is 0 Å². The van der Waals surface area contributed by atoms with E-state index in [-0.39, 0.29) is 27.6 Å². The SMILES string of the molecule is CN1Cc2cc([N+](=O)[O-])ccc2S(=O)(=O)/C(=C/NCCc2ccccc2)C1=O. The summed E-state index contributed by atoms with van der Waals surface area (Å²) in [5.74, 6) is -0.661. The van der Waals surface area contributed by atoms with Crippen LogP contribution in [0.4, 0.5) is 5.69 Å². The van der Waals surface area contributed by atoms with Crippen LogP contribution in [-0.2, 0) is 27.6 Å². The summed E-state index contributed by atoms with van der Waals surface area (Å²) in [5, 5.41) is 13.9. The smallest absolute Gasteiger partial charge is 0.269 e. The van der Waals surface area contributed by atoms with Gasteiger partial charge in [0.15, 0.2) is 4.91 Å². The molecule has 1 aliphatic heterocycles. The minimum atomic E-state index is -4.10. The van der Waals surface area contributed by atoms with Crippen LogP contribution in [0.1, 0.15) is 11.1 Å². The number of nitro groups is 1. The molecule has 0 bridgehead atoms. The first kappa shape index (κ1) is 19.6. The van der Waals surface area contributed by atoms with E-state index < -0.39 is 20.7 Å². The molecule has 0 atom stereocenters. The van der Waals surface area contributed by atoms with Crippen molar-refractivity contribution < 1.29 is 18.1 Å². The number of non-ortho nitro benzene ring substituents is 1. The van der Waals surface area contributed by atoms with Gasteiger partial charge in [-0.2, -0.15) is 0 Å². The Morgan fingerprint density at radius 1 is 1.21 bits per heavy atom. The molecule has 146 valence electrons. The summed E-state index contributed by atoms with van der Waals surface area (Å²) in [5.41, 5.74) is 1.08. The summed E-state index contributed by atoms with van der Waals surface area (Å²) < 4.78 is 26.0. The van der Waals surface area contributed by atoms with Gasteiger partial charge in [-0.1, -0.05) is 30.3 Å². The second kappa shape index (κ2) is 7.81. The monoisotopic (exact) mass is 401 g/mol. The van der Waals surface area contributed by atoms with E-state index in [4.69, 9.17) is 0 Å². The zero-order chi connectivity index (χ0) is 20.3. The third kappa shape index (κ3) is 3.89. The van der Waals surface area contributed by atoms with Crippen molar-refractivity contribution in [2.75, 3.05) is 13.6 Å². The van der Waals surface area contributed by atoms with Gasteiger partial charge < -0.3 is 10.2 Å². The third-order valence-corrected chi connectivity index (χ3v) is 6.28. The Hall–Kier alpha value is -3.20. The van der Waals surface area contributed by atoms with E-state index in [0.29, 0.717) is 13.0 Å². The van der Waals surface area contributed by atoms with E-state index in [2.05, 4.69) is 5.32 Å². The van der Waals surface area contributed by atoms with E-state index >= 15 is 0 Å². The average Bonchev–Trinajstić information content (AvgIpc) is 2.73. The Morgan fingerprint density at radius 2 is 1.93 bits per heavy atom. The first-order chi connectivity index (χ1) is 13.3. The fourth-order valence-corrected chi connectivity index (χ4v) is 4.56. The van der Waals surface area contributed by atoms with Crippen molar-refractivity contribution in [2.24, 2.45) is 0 Å². The van der Waals surface area contributed by atoms with Crippen molar-refractivity contribution in [1.29, 1.82) is 0 Å². The van der Waals surface area contributed by atoms with Gasteiger partial charge in [0.05, 0.1) is 9.82 Å². The van der Waals surface area contributed by atoms with E-state index in [1.165, 1.54) is 30.3 Å². The van der Waals surface area contributed by atoms with Crippen LogP contribution < -0.4 is 5.32 Å². The molecule has 9 heteroatoms. The zero-order valence-corrected chi connectivity index (χ0v) is 16.0. The number of fused-ring (bicyclic) bond motifs is 1. The van der Waals surface area contributed by atoms with Crippen LogP contribution in [0, 0.1) is 10.1 Å². The van der Waals surface area contributed by atoms with Crippen molar-refractivity contribution in [1.82, 2.24) is 10.2 Å². The molecule has 0 aromatic heterocycles. The predicted octanol–water partition coefficient (Wildman–Crippen LogP) is 2.01. The molecule has 1 N–H and O–H groups in total. The van der Waals surface area contributed by atoms with E-state index in [9.17, 15) is 23.3 Å². The van der Waals surface area contributed by atoms with Gasteiger partial charge in [0, 0.05) is 38.5 Å². The van der Waals surface area contributed by atoms with Crippen molar-refractivity contribution >= 4 is 21.4 Å². The maximum Gasteiger partial charge on any atom is 0.269 e. The van der Waals surface area contributed by atoms with Crippen LogP contribution in [0.15, 0.2) is 64.5 Å². The lowest BCUT2D eigenvalue weighted by Crippen LogP contribution is -2.28. The van der Waals surface area contributed by atoms with Gasteiger partial charge in [-0.15, -0.1) is 0 Å². The highest BCUT2D eigenvalue weighted by atomic mass is 32.2. The number of carbonyl (C=O) groups excluding carboxylic acids is 1. The Balaban J connectivity index is 1.89. The lowest BCUT2D eigenvalue weighted by Gasteiger charge is -2.14. The molecule has 28 heavy (non-hydrogen) atoms. The Kier molecular flexibility index (Phi) is 5.46. The minimum absolute atomic E-state index is 0.0313. The minimum Gasteiger partial charge on any atom is -0.389 e. The number of sulfone groups is 1. The zero-order valence-electron chi connectivity index (χ0n) is 15.2. The number of nitrogens with zero attached hydrogens (tertiary/aromatic N) is 2.